The highest BCUT2D eigenvalue weighted by Crippen LogP contribution is 1.98. The van der Waals surface area contributed by atoms with Gasteiger partial charge in [0, 0.05) is 5.70 Å². The fraction of sp³-hybridized carbons (Fsp3) is 0.500. The Morgan fingerprint density at radius 1 is 1.62 bits per heavy atom. The van der Waals surface area contributed by atoms with Gasteiger partial charge in [-0.05, 0) is 12.0 Å². The molecular formula is C6H11NO. The summed E-state index contributed by atoms with van der Waals surface area (Å²) in [5.41, 5.74) is 6.00. The Labute approximate surface area is 49.4 Å². The molecule has 0 bridgehead atoms. The van der Waals surface area contributed by atoms with Crippen molar-refractivity contribution >= 4 is 6.29 Å². The van der Waals surface area contributed by atoms with Crippen LogP contribution in [0.4, 0.5) is 0 Å². The summed E-state index contributed by atoms with van der Waals surface area (Å²) in [4.78, 5) is 9.76. The van der Waals surface area contributed by atoms with E-state index in [1.54, 1.807) is 0 Å². The summed E-state index contributed by atoms with van der Waals surface area (Å²) >= 11 is 0. The smallest absolute Gasteiger partial charge is 0.144 e. The van der Waals surface area contributed by atoms with Gasteiger partial charge in [-0.25, -0.2) is 0 Å². The van der Waals surface area contributed by atoms with Crippen LogP contribution in [0.3, 0.4) is 0 Å². The zero-order chi connectivity index (χ0) is 6.57. The third-order valence-corrected chi connectivity index (χ3v) is 0.927. The second-order valence-corrected chi connectivity index (χ2v) is 1.96. The van der Waals surface area contributed by atoms with Gasteiger partial charge in [-0.1, -0.05) is 13.8 Å². The minimum Gasteiger partial charge on any atom is -0.402 e. The maximum absolute atomic E-state index is 9.76. The molecule has 2 heteroatoms. The standard InChI is InChI=1S/C6H11NO/c1-5(2)6(7)3-4-8/h3-5H,7H2,1-2H3. The molecule has 46 valence electrons. The van der Waals surface area contributed by atoms with E-state index in [1.807, 2.05) is 13.8 Å². The Hall–Kier alpha value is -0.790. The lowest BCUT2D eigenvalue weighted by Crippen LogP contribution is -2.04. The van der Waals surface area contributed by atoms with E-state index in [-0.39, 0.29) is 5.92 Å². The second-order valence-electron chi connectivity index (χ2n) is 1.96. The van der Waals surface area contributed by atoms with Gasteiger partial charge < -0.3 is 5.73 Å². The van der Waals surface area contributed by atoms with Gasteiger partial charge in [-0.3, -0.25) is 4.79 Å². The predicted octanol–water partition coefficient (Wildman–Crippen LogP) is 0.684. The number of rotatable bonds is 2. The molecule has 0 aliphatic heterocycles. The first-order chi connectivity index (χ1) is 3.68. The molecule has 0 atom stereocenters. The average Bonchev–Trinajstić information content (AvgIpc) is 1.67. The Kier molecular flexibility index (Phi) is 2.92. The molecule has 0 aromatic carbocycles. The highest BCUT2D eigenvalue weighted by molar-refractivity contribution is 5.65. The van der Waals surface area contributed by atoms with Crippen molar-refractivity contribution in [2.24, 2.45) is 11.7 Å². The van der Waals surface area contributed by atoms with Crippen molar-refractivity contribution in [2.75, 3.05) is 0 Å². The molecule has 0 saturated heterocycles. The van der Waals surface area contributed by atoms with E-state index < -0.39 is 0 Å². The molecule has 0 radical (unpaired) electrons. The lowest BCUT2D eigenvalue weighted by molar-refractivity contribution is -0.104. The number of carbonyl (C=O) groups excluding carboxylic acids is 1. The summed E-state index contributed by atoms with van der Waals surface area (Å²) in [6, 6.07) is 0. The molecule has 0 rings (SSSR count). The SMILES string of the molecule is CC(C)C(N)=CC=O. The molecule has 0 aromatic rings. The van der Waals surface area contributed by atoms with Crippen LogP contribution in [0, 0.1) is 5.92 Å². The number of hydrogen-bond acceptors (Lipinski definition) is 2. The Bertz CT molecular complexity index is 105. The number of nitrogens with two attached hydrogens (primary N) is 1. The van der Waals surface area contributed by atoms with Crippen molar-refractivity contribution in [1.82, 2.24) is 0 Å². The molecule has 8 heavy (non-hydrogen) atoms. The molecule has 0 fully saturated rings. The molecule has 0 aliphatic rings. The van der Waals surface area contributed by atoms with E-state index in [2.05, 4.69) is 0 Å². The average molecular weight is 113 g/mol. The number of carbonyl (C=O) groups is 1. The van der Waals surface area contributed by atoms with E-state index in [0.29, 0.717) is 12.0 Å². The maximum Gasteiger partial charge on any atom is 0.144 e. The molecule has 0 saturated carbocycles. The zero-order valence-electron chi connectivity index (χ0n) is 5.22. The van der Waals surface area contributed by atoms with Gasteiger partial charge in [0.2, 0.25) is 0 Å². The molecule has 0 aromatic heterocycles. The normalized spacial score (nSPS) is 12.1. The van der Waals surface area contributed by atoms with Crippen molar-refractivity contribution < 1.29 is 4.79 Å². The minimum atomic E-state index is 0.278. The Balaban J connectivity index is 3.78. The molecule has 0 amide bonds. The molecule has 2 N–H and O–H groups in total. The summed E-state index contributed by atoms with van der Waals surface area (Å²) < 4.78 is 0. The van der Waals surface area contributed by atoms with E-state index in [9.17, 15) is 4.79 Å². The van der Waals surface area contributed by atoms with Gasteiger partial charge in [0.25, 0.3) is 0 Å². The third-order valence-electron chi connectivity index (χ3n) is 0.927. The first kappa shape index (κ1) is 7.21. The molecule has 0 heterocycles. The number of allylic oxidation sites excluding steroid dienone is 2. The molecule has 0 unspecified atom stereocenters. The first-order valence-electron chi connectivity index (χ1n) is 2.59. The van der Waals surface area contributed by atoms with Crippen molar-refractivity contribution in [2.45, 2.75) is 13.8 Å². The second kappa shape index (κ2) is 3.24. The number of hydrogen-bond donors (Lipinski definition) is 1. The van der Waals surface area contributed by atoms with Gasteiger partial charge in [0.15, 0.2) is 0 Å². The highest BCUT2D eigenvalue weighted by Gasteiger charge is 1.93. The monoisotopic (exact) mass is 113 g/mol. The molecule has 0 aliphatic carbocycles. The van der Waals surface area contributed by atoms with E-state index in [0.717, 1.165) is 0 Å². The zero-order valence-corrected chi connectivity index (χ0v) is 5.22. The molecular weight excluding hydrogens is 102 g/mol. The largest absolute Gasteiger partial charge is 0.402 e. The summed E-state index contributed by atoms with van der Waals surface area (Å²) in [6.45, 7) is 3.88. The number of aldehydes is 1. The van der Waals surface area contributed by atoms with E-state index >= 15 is 0 Å². The quantitative estimate of drug-likeness (QED) is 0.423. The van der Waals surface area contributed by atoms with Crippen molar-refractivity contribution in [3.63, 3.8) is 0 Å². The fourth-order valence-corrected chi connectivity index (χ4v) is 0.271. The van der Waals surface area contributed by atoms with Gasteiger partial charge in [0.1, 0.15) is 6.29 Å². The fourth-order valence-electron chi connectivity index (χ4n) is 0.271. The van der Waals surface area contributed by atoms with E-state index in [4.69, 9.17) is 5.73 Å². The Morgan fingerprint density at radius 2 is 2.12 bits per heavy atom. The maximum atomic E-state index is 9.76. The van der Waals surface area contributed by atoms with Gasteiger partial charge in [-0.2, -0.15) is 0 Å². The highest BCUT2D eigenvalue weighted by atomic mass is 16.1. The van der Waals surface area contributed by atoms with Crippen LogP contribution in [0.2, 0.25) is 0 Å². The van der Waals surface area contributed by atoms with Gasteiger partial charge in [-0.15, -0.1) is 0 Å². The van der Waals surface area contributed by atoms with Crippen molar-refractivity contribution in [3.05, 3.63) is 11.8 Å². The van der Waals surface area contributed by atoms with Crippen LogP contribution in [0.25, 0.3) is 0 Å². The lowest BCUT2D eigenvalue weighted by Gasteiger charge is -2.00. The summed E-state index contributed by atoms with van der Waals surface area (Å²) in [5.74, 6) is 0.278. The summed E-state index contributed by atoms with van der Waals surface area (Å²) in [6.07, 6.45) is 2.08. The van der Waals surface area contributed by atoms with Crippen molar-refractivity contribution in [1.29, 1.82) is 0 Å². The predicted molar refractivity (Wildman–Crippen MR) is 33.2 cm³/mol. The molecule has 0 spiro atoms. The van der Waals surface area contributed by atoms with Crippen LogP contribution >= 0.6 is 0 Å². The van der Waals surface area contributed by atoms with Crippen LogP contribution in [-0.2, 0) is 4.79 Å². The minimum absolute atomic E-state index is 0.278. The molecule has 2 nitrogen and oxygen atoms in total. The van der Waals surface area contributed by atoms with Crippen LogP contribution < -0.4 is 5.73 Å². The van der Waals surface area contributed by atoms with Gasteiger partial charge in [0.05, 0.1) is 0 Å². The Morgan fingerprint density at radius 3 is 2.25 bits per heavy atom. The first-order valence-corrected chi connectivity index (χ1v) is 2.59. The van der Waals surface area contributed by atoms with E-state index in [1.165, 1.54) is 6.08 Å². The van der Waals surface area contributed by atoms with Crippen LogP contribution in [0.5, 0.6) is 0 Å². The van der Waals surface area contributed by atoms with Gasteiger partial charge >= 0.3 is 0 Å². The topological polar surface area (TPSA) is 43.1 Å². The lowest BCUT2D eigenvalue weighted by atomic mass is 10.1. The third kappa shape index (κ3) is 2.39. The van der Waals surface area contributed by atoms with Crippen LogP contribution in [-0.4, -0.2) is 6.29 Å². The summed E-state index contributed by atoms with van der Waals surface area (Å²) in [7, 11) is 0. The van der Waals surface area contributed by atoms with Crippen LogP contribution in [0.15, 0.2) is 11.8 Å². The van der Waals surface area contributed by atoms with Crippen LogP contribution in [0.1, 0.15) is 13.8 Å². The van der Waals surface area contributed by atoms with Crippen molar-refractivity contribution in [3.8, 4) is 0 Å². The summed E-state index contributed by atoms with van der Waals surface area (Å²) in [5, 5.41) is 0.